The summed E-state index contributed by atoms with van der Waals surface area (Å²) in [6.45, 7) is 0. The fraction of sp³-hybridized carbons (Fsp3) is 0.333. The smallest absolute Gasteiger partial charge is 0.257 e. The normalized spacial score (nSPS) is 17.5. The third kappa shape index (κ3) is 3.87. The lowest BCUT2D eigenvalue weighted by Gasteiger charge is -2.26. The molecule has 0 saturated heterocycles. The van der Waals surface area contributed by atoms with Crippen LogP contribution in [0, 0.1) is 17.0 Å². The van der Waals surface area contributed by atoms with Crippen molar-refractivity contribution in [3.05, 3.63) is 93.8 Å². The Hall–Kier alpha value is -4.04. The summed E-state index contributed by atoms with van der Waals surface area (Å²) in [5.74, 6) is -0.0522. The van der Waals surface area contributed by atoms with Gasteiger partial charge in [0.1, 0.15) is 11.2 Å². The van der Waals surface area contributed by atoms with Gasteiger partial charge in [0.15, 0.2) is 11.8 Å². The van der Waals surface area contributed by atoms with Gasteiger partial charge in [-0.05, 0) is 86.3 Å². The van der Waals surface area contributed by atoms with Crippen molar-refractivity contribution in [3.8, 4) is 16.8 Å². The van der Waals surface area contributed by atoms with Crippen molar-refractivity contribution in [2.45, 2.75) is 50.2 Å². The number of nitrogens with one attached hydrogen (secondary N) is 1. The first-order valence-corrected chi connectivity index (χ1v) is 13.3. The molecule has 4 aromatic rings. The van der Waals surface area contributed by atoms with E-state index in [4.69, 9.17) is 0 Å². The van der Waals surface area contributed by atoms with Gasteiger partial charge in [-0.25, -0.2) is 4.98 Å². The van der Waals surface area contributed by atoms with Crippen molar-refractivity contribution in [3.63, 3.8) is 0 Å². The van der Waals surface area contributed by atoms with Crippen LogP contribution in [0.15, 0.2) is 71.9 Å². The van der Waals surface area contributed by atoms with Gasteiger partial charge in [-0.2, -0.15) is 4.73 Å². The van der Waals surface area contributed by atoms with Crippen molar-refractivity contribution in [1.29, 1.82) is 0 Å². The first kappa shape index (κ1) is 23.1. The van der Waals surface area contributed by atoms with Crippen molar-refractivity contribution < 1.29 is 14.6 Å². The molecular weight excluding hydrogens is 480 g/mol. The highest BCUT2D eigenvalue weighted by molar-refractivity contribution is 5.97. The van der Waals surface area contributed by atoms with Gasteiger partial charge in [-0.15, -0.1) is 0 Å². The summed E-state index contributed by atoms with van der Waals surface area (Å²) in [4.78, 5) is 30.5. The molecule has 192 valence electrons. The first-order chi connectivity index (χ1) is 18.4. The third-order valence-corrected chi connectivity index (χ3v) is 8.10. The number of benzene rings is 1. The van der Waals surface area contributed by atoms with Gasteiger partial charge in [-0.3, -0.25) is 9.59 Å². The molecule has 3 aliphatic carbocycles. The van der Waals surface area contributed by atoms with Gasteiger partial charge in [0, 0.05) is 35.8 Å². The fourth-order valence-electron chi connectivity index (χ4n) is 5.61. The molecule has 3 fully saturated rings. The first-order valence-electron chi connectivity index (χ1n) is 13.3. The molecule has 3 aromatic heterocycles. The average molecular weight is 509 g/mol. The van der Waals surface area contributed by atoms with Crippen LogP contribution in [0.4, 0.5) is 0 Å². The van der Waals surface area contributed by atoms with Crippen LogP contribution in [0.3, 0.4) is 0 Å². The second-order valence-electron chi connectivity index (χ2n) is 10.9. The Balaban J connectivity index is 1.30. The molecule has 7 rings (SSSR count). The van der Waals surface area contributed by atoms with E-state index in [-0.39, 0.29) is 34.8 Å². The minimum absolute atomic E-state index is 0.0731. The minimum Gasteiger partial charge on any atom is -0.618 e. The number of amides is 1. The van der Waals surface area contributed by atoms with Crippen LogP contribution in [0.25, 0.3) is 27.8 Å². The lowest BCUT2D eigenvalue weighted by Crippen LogP contribution is -2.45. The second kappa shape index (κ2) is 8.49. The lowest BCUT2D eigenvalue weighted by molar-refractivity contribution is -0.623. The summed E-state index contributed by atoms with van der Waals surface area (Å²) < 4.78 is 2.58. The number of hydrogen-bond acceptors (Lipinski definition) is 5. The maximum atomic E-state index is 13.2. The Morgan fingerprint density at radius 3 is 2.47 bits per heavy atom. The molecule has 8 heteroatoms. The summed E-state index contributed by atoms with van der Waals surface area (Å²) in [7, 11) is 0. The molecule has 0 atom stereocenters. The van der Waals surface area contributed by atoms with Gasteiger partial charge < -0.3 is 20.2 Å². The summed E-state index contributed by atoms with van der Waals surface area (Å²) in [5, 5.41) is 27.9. The predicted molar refractivity (Wildman–Crippen MR) is 142 cm³/mol. The highest BCUT2D eigenvalue weighted by Crippen LogP contribution is 2.56. The second-order valence-corrected chi connectivity index (χ2v) is 10.9. The van der Waals surface area contributed by atoms with E-state index in [2.05, 4.69) is 10.3 Å². The Bertz CT molecular complexity index is 1640. The number of fused-ring (bicyclic) bond motifs is 1. The number of hydrogen-bond donors (Lipinski definition) is 2. The molecule has 38 heavy (non-hydrogen) atoms. The fourth-order valence-corrected chi connectivity index (χ4v) is 5.61. The molecule has 3 saturated carbocycles. The van der Waals surface area contributed by atoms with E-state index in [1.165, 1.54) is 6.20 Å². The number of aromatic nitrogens is 3. The number of pyridine rings is 3. The zero-order valence-corrected chi connectivity index (χ0v) is 20.8. The molecule has 0 bridgehead atoms. The Kier molecular flexibility index (Phi) is 5.16. The molecule has 1 amide bonds. The van der Waals surface area contributed by atoms with Crippen LogP contribution in [-0.2, 0) is 5.60 Å². The van der Waals surface area contributed by atoms with Crippen molar-refractivity contribution in [2.75, 3.05) is 0 Å². The number of aliphatic hydroxyl groups is 1. The van der Waals surface area contributed by atoms with Crippen molar-refractivity contribution in [2.24, 2.45) is 11.8 Å². The van der Waals surface area contributed by atoms with Crippen LogP contribution in [0.2, 0.25) is 0 Å². The number of carbonyl (C=O) groups is 1. The standard InChI is InChI=1S/C30H28N4O4/c35-27-24-5-2-14-31-28(24)33(17-25(27)29(36)32-22-11-12-22)23-4-1-3-18(15-23)19-6-13-26(34(38)16-19)30(37,20-7-8-20)21-9-10-21/h1-6,13-17,20-22,37H,7-12H2,(H,32,36). The molecule has 0 spiro atoms. The number of rotatable bonds is 7. The molecule has 3 heterocycles. The summed E-state index contributed by atoms with van der Waals surface area (Å²) in [6, 6.07) is 14.7. The van der Waals surface area contributed by atoms with Crippen LogP contribution in [0.1, 0.15) is 54.6 Å². The van der Waals surface area contributed by atoms with Crippen LogP contribution in [0.5, 0.6) is 0 Å². The SMILES string of the molecule is O=C(NC1CC1)c1cn(-c2cccc(-c3ccc(C(O)(C4CC4)C4CC4)[n+]([O-])c3)c2)c2ncccc2c1=O. The van der Waals surface area contributed by atoms with Crippen LogP contribution >= 0.6 is 0 Å². The molecule has 0 unspecified atom stereocenters. The molecular formula is C30H28N4O4. The van der Waals surface area contributed by atoms with Gasteiger partial charge in [0.25, 0.3) is 5.91 Å². The molecule has 3 aliphatic rings. The van der Waals surface area contributed by atoms with Gasteiger partial charge in [0.2, 0.25) is 11.1 Å². The molecule has 0 aliphatic heterocycles. The lowest BCUT2D eigenvalue weighted by atomic mass is 9.87. The summed E-state index contributed by atoms with van der Waals surface area (Å²) >= 11 is 0. The summed E-state index contributed by atoms with van der Waals surface area (Å²) in [6.07, 6.45) is 10.4. The van der Waals surface area contributed by atoms with Gasteiger partial charge >= 0.3 is 0 Å². The van der Waals surface area contributed by atoms with E-state index in [9.17, 15) is 19.9 Å². The largest absolute Gasteiger partial charge is 0.618 e. The van der Waals surface area contributed by atoms with E-state index in [1.54, 1.807) is 35.2 Å². The highest BCUT2D eigenvalue weighted by Gasteiger charge is 2.58. The van der Waals surface area contributed by atoms with E-state index >= 15 is 0 Å². The van der Waals surface area contributed by atoms with Crippen LogP contribution in [-0.4, -0.2) is 26.6 Å². The summed E-state index contributed by atoms with van der Waals surface area (Å²) in [5.41, 5.74) is 1.79. The maximum absolute atomic E-state index is 13.2. The van der Waals surface area contributed by atoms with Gasteiger partial charge in [-0.1, -0.05) is 12.1 Å². The Morgan fingerprint density at radius 1 is 1.03 bits per heavy atom. The van der Waals surface area contributed by atoms with Crippen molar-refractivity contribution >= 4 is 16.9 Å². The van der Waals surface area contributed by atoms with Gasteiger partial charge in [0.05, 0.1) is 5.39 Å². The van der Waals surface area contributed by atoms with E-state index in [0.29, 0.717) is 28.0 Å². The molecule has 8 nitrogen and oxygen atoms in total. The molecule has 0 radical (unpaired) electrons. The Labute approximate surface area is 219 Å². The highest BCUT2D eigenvalue weighted by atomic mass is 16.5. The van der Waals surface area contributed by atoms with E-state index in [0.717, 1.165) is 48.8 Å². The zero-order chi connectivity index (χ0) is 26.0. The molecule has 1 aromatic carbocycles. The monoisotopic (exact) mass is 508 g/mol. The number of carbonyl (C=O) groups excluding carboxylic acids is 1. The molecule has 2 N–H and O–H groups in total. The quantitative estimate of drug-likeness (QED) is 0.293. The Morgan fingerprint density at radius 2 is 1.79 bits per heavy atom. The minimum atomic E-state index is -1.04. The third-order valence-electron chi connectivity index (χ3n) is 8.10. The average Bonchev–Trinajstić information content (AvgIpc) is 3.77. The van der Waals surface area contributed by atoms with E-state index < -0.39 is 5.60 Å². The van der Waals surface area contributed by atoms with E-state index in [1.807, 2.05) is 30.3 Å². The maximum Gasteiger partial charge on any atom is 0.257 e. The predicted octanol–water partition coefficient (Wildman–Crippen LogP) is 3.59. The van der Waals surface area contributed by atoms with Crippen LogP contribution < -0.4 is 15.5 Å². The zero-order valence-electron chi connectivity index (χ0n) is 20.8. The number of nitrogens with zero attached hydrogens (tertiary/aromatic N) is 3. The van der Waals surface area contributed by atoms with Crippen molar-refractivity contribution in [1.82, 2.24) is 14.9 Å². The topological polar surface area (TPSA) is 111 Å².